The van der Waals surface area contributed by atoms with Crippen molar-refractivity contribution in [2.75, 3.05) is 18.0 Å². The van der Waals surface area contributed by atoms with E-state index in [0.717, 1.165) is 17.0 Å². The second-order valence-electron chi connectivity index (χ2n) is 5.64. The minimum atomic E-state index is -4.61. The summed E-state index contributed by atoms with van der Waals surface area (Å²) >= 11 is 2.92. The number of halogens is 7. The molecule has 0 bridgehead atoms. The molecule has 0 saturated heterocycles. The maximum absolute atomic E-state index is 12.8. The van der Waals surface area contributed by atoms with E-state index in [4.69, 9.17) is 4.74 Å². The molecule has 0 atom stereocenters. The largest absolute Gasteiger partial charge is 0.484 e. The monoisotopic (exact) mass is 391 g/mol. The first-order valence-corrected chi connectivity index (χ1v) is 6.99. The van der Waals surface area contributed by atoms with E-state index in [1.54, 1.807) is 0 Å². The Morgan fingerprint density at radius 2 is 1.77 bits per heavy atom. The van der Waals surface area contributed by atoms with E-state index in [9.17, 15) is 26.3 Å². The third-order valence-corrected chi connectivity index (χ3v) is 3.60. The van der Waals surface area contributed by atoms with Crippen molar-refractivity contribution < 1.29 is 31.1 Å². The van der Waals surface area contributed by atoms with Gasteiger partial charge in [-0.15, -0.1) is 0 Å². The van der Waals surface area contributed by atoms with Crippen molar-refractivity contribution in [2.45, 2.75) is 31.8 Å². The second kappa shape index (κ2) is 5.21. The van der Waals surface area contributed by atoms with Gasteiger partial charge in [0.15, 0.2) is 0 Å². The van der Waals surface area contributed by atoms with Crippen molar-refractivity contribution in [1.82, 2.24) is 0 Å². The van der Waals surface area contributed by atoms with E-state index in [1.807, 2.05) is 0 Å². The summed E-state index contributed by atoms with van der Waals surface area (Å²) < 4.78 is 82.0. The molecular weight excluding hydrogens is 380 g/mol. The summed E-state index contributed by atoms with van der Waals surface area (Å²) in [6, 6.07) is 1.48. The van der Waals surface area contributed by atoms with E-state index in [2.05, 4.69) is 15.9 Å². The Labute approximate surface area is 131 Å². The summed E-state index contributed by atoms with van der Waals surface area (Å²) in [4.78, 5) is 0.975. The van der Waals surface area contributed by atoms with Crippen LogP contribution in [0.25, 0.3) is 0 Å². The van der Waals surface area contributed by atoms with Crippen LogP contribution in [0.5, 0.6) is 5.75 Å². The zero-order chi connectivity index (χ0) is 16.9. The number of benzene rings is 1. The van der Waals surface area contributed by atoms with Gasteiger partial charge in [0.1, 0.15) is 17.9 Å². The van der Waals surface area contributed by atoms with Crippen LogP contribution < -0.4 is 9.64 Å². The number of nitrogens with zero attached hydrogens (tertiary/aromatic N) is 1. The van der Waals surface area contributed by atoms with E-state index in [-0.39, 0.29) is 22.5 Å². The van der Waals surface area contributed by atoms with Crippen molar-refractivity contribution >= 4 is 21.6 Å². The predicted octanol–water partition coefficient (Wildman–Crippen LogP) is 5.01. The van der Waals surface area contributed by atoms with Crippen LogP contribution in [-0.2, 0) is 6.18 Å². The van der Waals surface area contributed by atoms with Crippen molar-refractivity contribution in [3.05, 3.63) is 22.2 Å². The van der Waals surface area contributed by atoms with E-state index in [1.165, 1.54) is 13.8 Å². The molecule has 0 fully saturated rings. The van der Waals surface area contributed by atoms with E-state index in [0.29, 0.717) is 0 Å². The summed E-state index contributed by atoms with van der Waals surface area (Å²) in [6.45, 7) is 1.68. The molecular formula is C13H12BrF6NO. The molecule has 22 heavy (non-hydrogen) atoms. The fourth-order valence-corrected chi connectivity index (χ4v) is 3.03. The number of hydrogen-bond acceptors (Lipinski definition) is 2. The average molecular weight is 392 g/mol. The fourth-order valence-electron chi connectivity index (χ4n) is 2.34. The normalized spacial score (nSPS) is 18.0. The fraction of sp³-hybridized carbons (Fsp3) is 0.538. The third kappa shape index (κ3) is 3.80. The van der Waals surface area contributed by atoms with Crippen LogP contribution in [0.15, 0.2) is 16.6 Å². The molecule has 0 amide bonds. The quantitative estimate of drug-likeness (QED) is 0.624. The summed E-state index contributed by atoms with van der Waals surface area (Å²) in [5.41, 5.74) is -2.05. The standard InChI is InChI=1S/C13H12BrF6NO/c1-11(2)5-21(6-12(15,16)17)10-8(14)3-7(13(18,19)20)4-9(10)22-11/h3-4H,5-6H2,1-2H3. The lowest BCUT2D eigenvalue weighted by molar-refractivity contribution is -0.138. The first-order valence-electron chi connectivity index (χ1n) is 6.20. The third-order valence-electron chi connectivity index (χ3n) is 3.00. The van der Waals surface area contributed by atoms with E-state index >= 15 is 0 Å². The zero-order valence-electron chi connectivity index (χ0n) is 11.6. The van der Waals surface area contributed by atoms with Gasteiger partial charge in [-0.2, -0.15) is 26.3 Å². The highest BCUT2D eigenvalue weighted by Gasteiger charge is 2.41. The summed E-state index contributed by atoms with van der Waals surface area (Å²) in [5, 5.41) is 0. The predicted molar refractivity (Wildman–Crippen MR) is 72.1 cm³/mol. The van der Waals surface area contributed by atoms with Crippen molar-refractivity contribution in [3.8, 4) is 5.75 Å². The number of ether oxygens (including phenoxy) is 1. The van der Waals surface area contributed by atoms with Crippen molar-refractivity contribution in [1.29, 1.82) is 0 Å². The number of rotatable bonds is 1. The number of hydrogen-bond donors (Lipinski definition) is 0. The van der Waals surface area contributed by atoms with Gasteiger partial charge in [0.25, 0.3) is 0 Å². The van der Waals surface area contributed by atoms with Crippen LogP contribution in [0.1, 0.15) is 19.4 Å². The minimum Gasteiger partial charge on any atom is -0.484 e. The molecule has 9 heteroatoms. The van der Waals surface area contributed by atoms with Crippen LogP contribution in [0.2, 0.25) is 0 Å². The van der Waals surface area contributed by atoms with Gasteiger partial charge in [0.2, 0.25) is 0 Å². The Hall–Kier alpha value is -1.12. The van der Waals surface area contributed by atoms with Gasteiger partial charge >= 0.3 is 12.4 Å². The number of fused-ring (bicyclic) bond motifs is 1. The molecule has 0 aromatic heterocycles. The van der Waals surface area contributed by atoms with Crippen LogP contribution in [0, 0.1) is 0 Å². The molecule has 1 aromatic carbocycles. The lowest BCUT2D eigenvalue weighted by atomic mass is 10.0. The molecule has 0 aliphatic carbocycles. The SMILES string of the molecule is CC1(C)CN(CC(F)(F)F)c2c(Br)cc(C(F)(F)F)cc2O1. The Morgan fingerprint density at radius 3 is 2.27 bits per heavy atom. The molecule has 0 unspecified atom stereocenters. The minimum absolute atomic E-state index is 0.0235. The molecule has 0 saturated carbocycles. The highest BCUT2D eigenvalue weighted by Crippen LogP contribution is 2.46. The van der Waals surface area contributed by atoms with Crippen LogP contribution in [0.4, 0.5) is 32.0 Å². The topological polar surface area (TPSA) is 12.5 Å². The lowest BCUT2D eigenvalue weighted by Crippen LogP contribution is -2.50. The Bertz CT molecular complexity index is 581. The van der Waals surface area contributed by atoms with E-state index < -0.39 is 30.1 Å². The molecule has 2 rings (SSSR count). The highest BCUT2D eigenvalue weighted by molar-refractivity contribution is 9.10. The second-order valence-corrected chi connectivity index (χ2v) is 6.49. The van der Waals surface area contributed by atoms with Crippen molar-refractivity contribution in [3.63, 3.8) is 0 Å². The first kappa shape index (κ1) is 17.2. The highest BCUT2D eigenvalue weighted by atomic mass is 79.9. The van der Waals surface area contributed by atoms with Gasteiger partial charge in [0.05, 0.1) is 17.8 Å². The van der Waals surface area contributed by atoms with Gasteiger partial charge in [-0.25, -0.2) is 0 Å². The molecule has 0 N–H and O–H groups in total. The Kier molecular flexibility index (Phi) is 4.08. The number of alkyl halides is 6. The van der Waals surface area contributed by atoms with Crippen LogP contribution in [0.3, 0.4) is 0 Å². The molecule has 1 aliphatic heterocycles. The summed E-state index contributed by atoms with van der Waals surface area (Å²) in [6.07, 6.45) is -9.09. The van der Waals surface area contributed by atoms with Crippen LogP contribution >= 0.6 is 15.9 Å². The molecule has 0 radical (unpaired) electrons. The van der Waals surface area contributed by atoms with Crippen LogP contribution in [-0.4, -0.2) is 24.9 Å². The first-order chi connectivity index (χ1) is 9.78. The number of anilines is 1. The lowest BCUT2D eigenvalue weighted by Gasteiger charge is -2.41. The van der Waals surface area contributed by atoms with Gasteiger partial charge in [-0.1, -0.05) is 0 Å². The smallest absolute Gasteiger partial charge is 0.416 e. The average Bonchev–Trinajstić information content (AvgIpc) is 2.21. The zero-order valence-corrected chi connectivity index (χ0v) is 13.2. The Balaban J connectivity index is 2.54. The Morgan fingerprint density at radius 1 is 1.18 bits per heavy atom. The molecule has 1 aliphatic rings. The molecule has 1 aromatic rings. The van der Waals surface area contributed by atoms with Gasteiger partial charge in [-0.3, -0.25) is 0 Å². The summed E-state index contributed by atoms with van der Waals surface area (Å²) in [7, 11) is 0. The molecule has 0 spiro atoms. The molecule has 2 nitrogen and oxygen atoms in total. The van der Waals surface area contributed by atoms with Gasteiger partial charge in [-0.05, 0) is 41.9 Å². The van der Waals surface area contributed by atoms with Gasteiger partial charge < -0.3 is 9.64 Å². The maximum atomic E-state index is 12.8. The van der Waals surface area contributed by atoms with Crippen molar-refractivity contribution in [2.24, 2.45) is 0 Å². The van der Waals surface area contributed by atoms with Gasteiger partial charge in [0, 0.05) is 4.47 Å². The molecule has 124 valence electrons. The maximum Gasteiger partial charge on any atom is 0.416 e. The molecule has 1 heterocycles. The summed E-state index contributed by atoms with van der Waals surface area (Å²) in [5.74, 6) is -0.220.